The molecule has 0 amide bonds. The third kappa shape index (κ3) is 6.08. The zero-order chi connectivity index (χ0) is 37.3. The van der Waals surface area contributed by atoms with Crippen LogP contribution in [0.3, 0.4) is 0 Å². The third-order valence-electron chi connectivity index (χ3n) is 10.2. The van der Waals surface area contributed by atoms with E-state index in [4.69, 9.17) is 4.98 Å². The van der Waals surface area contributed by atoms with Gasteiger partial charge in [-0.1, -0.05) is 97.1 Å². The van der Waals surface area contributed by atoms with E-state index in [0.29, 0.717) is 0 Å². The second-order valence-corrected chi connectivity index (χ2v) is 13.3. The van der Waals surface area contributed by atoms with E-state index in [1.165, 1.54) is 37.9 Å². The normalized spacial score (nSPS) is 11.2. The summed E-state index contributed by atoms with van der Waals surface area (Å²) in [6.07, 6.45) is 3.62. The number of aromatic nitrogens is 4. The highest BCUT2D eigenvalue weighted by Gasteiger charge is 2.23. The molecule has 0 unspecified atom stereocenters. The number of pyridine rings is 3. The Bertz CT molecular complexity index is 2910. The molecular formula is C48H35N5S2. The van der Waals surface area contributed by atoms with Crippen LogP contribution in [0.2, 0.25) is 0 Å². The quantitative estimate of drug-likeness (QED) is 0.101. The van der Waals surface area contributed by atoms with Crippen molar-refractivity contribution in [1.29, 1.82) is 0 Å². The Morgan fingerprint density at radius 3 is 1.73 bits per heavy atom. The number of nitrogens with zero attached hydrogens (tertiary/aromatic N) is 5. The van der Waals surface area contributed by atoms with Crippen molar-refractivity contribution >= 4 is 83.7 Å². The highest BCUT2D eigenvalue weighted by atomic mass is 33.1. The number of benzene rings is 6. The van der Waals surface area contributed by atoms with Crippen LogP contribution in [-0.2, 0) is 0 Å². The van der Waals surface area contributed by atoms with Crippen molar-refractivity contribution in [1.82, 2.24) is 19.5 Å². The molecule has 0 atom stereocenters. The molecule has 0 aliphatic heterocycles. The third-order valence-corrected chi connectivity index (χ3v) is 10.2. The molecule has 0 aliphatic carbocycles. The Balaban J connectivity index is 0.00000195. The fourth-order valence-corrected chi connectivity index (χ4v) is 7.88. The maximum atomic E-state index is 5.07. The zero-order valence-corrected chi connectivity index (χ0v) is 31.7. The molecule has 0 radical (unpaired) electrons. The smallest absolute Gasteiger partial charge is 0.0915 e. The average Bonchev–Trinajstić information content (AvgIpc) is 3.61. The highest BCUT2D eigenvalue weighted by molar-refractivity contribution is 8.59. The van der Waals surface area contributed by atoms with Crippen molar-refractivity contribution in [2.45, 2.75) is 6.92 Å². The molecule has 6 aromatic carbocycles. The minimum atomic E-state index is 0.793. The van der Waals surface area contributed by atoms with E-state index in [-0.39, 0.29) is 0 Å². The highest BCUT2D eigenvalue weighted by Crippen LogP contribution is 2.46. The number of anilines is 3. The van der Waals surface area contributed by atoms with Gasteiger partial charge in [-0.3, -0.25) is 9.97 Å². The Morgan fingerprint density at radius 2 is 1.05 bits per heavy atom. The Hall–Kier alpha value is -6.41. The van der Waals surface area contributed by atoms with Crippen LogP contribution in [-0.4, -0.2) is 19.5 Å². The summed E-state index contributed by atoms with van der Waals surface area (Å²) in [6.45, 7) is 2.26. The summed E-state index contributed by atoms with van der Waals surface area (Å²) in [4.78, 5) is 16.9. The zero-order valence-electron chi connectivity index (χ0n) is 30.0. The molecule has 4 heterocycles. The second-order valence-electron chi connectivity index (χ2n) is 13.3. The van der Waals surface area contributed by atoms with Gasteiger partial charge in [-0.15, -0.1) is 23.3 Å². The Kier molecular flexibility index (Phi) is 9.24. The van der Waals surface area contributed by atoms with Gasteiger partial charge in [0.1, 0.15) is 0 Å². The number of fused-ring (bicyclic) bond motifs is 6. The molecule has 0 fully saturated rings. The summed E-state index contributed by atoms with van der Waals surface area (Å²) < 4.78 is 2.36. The van der Waals surface area contributed by atoms with Crippen molar-refractivity contribution in [2.24, 2.45) is 0 Å². The van der Waals surface area contributed by atoms with Crippen LogP contribution in [0.15, 0.2) is 182 Å². The molecule has 5 nitrogen and oxygen atoms in total. The van der Waals surface area contributed by atoms with Gasteiger partial charge in [-0.05, 0) is 101 Å². The molecule has 0 N–H and O–H groups in total. The van der Waals surface area contributed by atoms with Gasteiger partial charge in [0.15, 0.2) is 0 Å². The molecule has 264 valence electrons. The summed E-state index contributed by atoms with van der Waals surface area (Å²) in [7, 11) is 0. The SMILES string of the molecule is Cc1c(N(c2ccccc2)c2cc3ccccc3c3ccccc23)ccc2c1c1ccccc1n2-c1cc(-c2ccccn2)nc(-c2ccccn2)c1.SS. The van der Waals surface area contributed by atoms with Crippen LogP contribution in [0.25, 0.3) is 71.8 Å². The largest absolute Gasteiger partial charge is 0.310 e. The molecule has 0 saturated carbocycles. The maximum absolute atomic E-state index is 5.07. The number of hydrogen-bond acceptors (Lipinski definition) is 6. The Labute approximate surface area is 329 Å². The van der Waals surface area contributed by atoms with Gasteiger partial charge < -0.3 is 9.47 Å². The molecule has 4 aromatic heterocycles. The van der Waals surface area contributed by atoms with E-state index in [1.807, 2.05) is 48.8 Å². The van der Waals surface area contributed by atoms with Gasteiger partial charge in [0.05, 0.1) is 45.2 Å². The van der Waals surface area contributed by atoms with Crippen molar-refractivity contribution < 1.29 is 0 Å². The molecular weight excluding hydrogens is 711 g/mol. The van der Waals surface area contributed by atoms with Crippen molar-refractivity contribution in [2.75, 3.05) is 4.90 Å². The van der Waals surface area contributed by atoms with Crippen LogP contribution >= 0.6 is 23.3 Å². The molecule has 0 spiro atoms. The summed E-state index contributed by atoms with van der Waals surface area (Å²) in [5, 5.41) is 7.30. The number of para-hydroxylation sites is 2. The van der Waals surface area contributed by atoms with Gasteiger partial charge in [0.25, 0.3) is 0 Å². The lowest BCUT2D eigenvalue weighted by Crippen LogP contribution is -2.12. The molecule has 0 bridgehead atoms. The van der Waals surface area contributed by atoms with E-state index in [9.17, 15) is 0 Å². The molecule has 7 heteroatoms. The maximum Gasteiger partial charge on any atom is 0.0915 e. The first kappa shape index (κ1) is 34.4. The van der Waals surface area contributed by atoms with Gasteiger partial charge in [-0.2, -0.15) is 0 Å². The summed E-state index contributed by atoms with van der Waals surface area (Å²) in [5.41, 5.74) is 11.0. The van der Waals surface area contributed by atoms with Gasteiger partial charge in [0, 0.05) is 39.9 Å². The molecule has 0 aliphatic rings. The van der Waals surface area contributed by atoms with E-state index in [2.05, 4.69) is 183 Å². The first-order valence-electron chi connectivity index (χ1n) is 18.1. The predicted octanol–water partition coefficient (Wildman–Crippen LogP) is 13.1. The van der Waals surface area contributed by atoms with Crippen LogP contribution in [0.4, 0.5) is 17.1 Å². The lowest BCUT2D eigenvalue weighted by atomic mass is 9.98. The van der Waals surface area contributed by atoms with Crippen LogP contribution in [0, 0.1) is 6.92 Å². The second kappa shape index (κ2) is 14.8. The van der Waals surface area contributed by atoms with E-state index in [1.54, 1.807) is 0 Å². The predicted molar refractivity (Wildman–Crippen MR) is 237 cm³/mol. The number of hydrogen-bond donors (Lipinski definition) is 2. The first-order valence-corrected chi connectivity index (χ1v) is 19.7. The summed E-state index contributed by atoms with van der Waals surface area (Å²) >= 11 is 6.44. The molecule has 10 aromatic rings. The lowest BCUT2D eigenvalue weighted by Gasteiger charge is -2.29. The van der Waals surface area contributed by atoms with Crippen LogP contribution in [0.1, 0.15) is 5.56 Å². The number of aryl methyl sites for hydroxylation is 1. The van der Waals surface area contributed by atoms with E-state index in [0.717, 1.165) is 56.6 Å². The van der Waals surface area contributed by atoms with E-state index < -0.39 is 0 Å². The Morgan fingerprint density at radius 1 is 0.473 bits per heavy atom. The lowest BCUT2D eigenvalue weighted by molar-refractivity contribution is 1.14. The number of thiol groups is 2. The average molecular weight is 746 g/mol. The van der Waals surface area contributed by atoms with Crippen molar-refractivity contribution in [3.05, 3.63) is 188 Å². The van der Waals surface area contributed by atoms with Crippen molar-refractivity contribution in [3.8, 4) is 28.5 Å². The monoisotopic (exact) mass is 745 g/mol. The van der Waals surface area contributed by atoms with Gasteiger partial charge >= 0.3 is 0 Å². The van der Waals surface area contributed by atoms with Crippen LogP contribution in [0.5, 0.6) is 0 Å². The fourth-order valence-electron chi connectivity index (χ4n) is 7.88. The van der Waals surface area contributed by atoms with Crippen LogP contribution < -0.4 is 4.90 Å². The standard InChI is InChI=1S/C48H33N5.H2S2/c1-32-44(52(34-16-3-2-4-17-34)47-29-33-15-5-6-18-36(33)37-19-7-8-20-38(37)47)25-26-46-48(32)39-21-9-10-24-45(39)53(46)35-30-42(40-22-11-13-27-49-40)51-43(31-35)41-23-12-14-28-50-41;1-2/h2-31H,1H3;1-2H. The minimum Gasteiger partial charge on any atom is -0.310 e. The number of rotatable bonds is 6. The summed E-state index contributed by atoms with van der Waals surface area (Å²) in [5.74, 6) is 0. The molecule has 10 rings (SSSR count). The minimum absolute atomic E-state index is 0.793. The summed E-state index contributed by atoms with van der Waals surface area (Å²) in [6, 6.07) is 59.9. The first-order chi connectivity index (χ1) is 27.2. The molecule has 0 saturated heterocycles. The van der Waals surface area contributed by atoms with Crippen molar-refractivity contribution in [3.63, 3.8) is 0 Å². The molecule has 55 heavy (non-hydrogen) atoms. The fraction of sp³-hybridized carbons (Fsp3) is 0.0208. The van der Waals surface area contributed by atoms with E-state index >= 15 is 0 Å². The topological polar surface area (TPSA) is 46.8 Å². The van der Waals surface area contributed by atoms with Gasteiger partial charge in [-0.25, -0.2) is 4.98 Å². The van der Waals surface area contributed by atoms with Gasteiger partial charge in [0.2, 0.25) is 0 Å².